The average Bonchev–Trinajstić information content (AvgIpc) is 3.16. The summed E-state index contributed by atoms with van der Waals surface area (Å²) in [4.78, 5) is 4.67. The lowest BCUT2D eigenvalue weighted by molar-refractivity contribution is 0.00578. The van der Waals surface area contributed by atoms with Gasteiger partial charge in [-0.25, -0.2) is 0 Å². The van der Waals surface area contributed by atoms with E-state index in [0.717, 1.165) is 5.69 Å². The van der Waals surface area contributed by atoms with Crippen molar-refractivity contribution in [1.82, 2.24) is 4.98 Å². The minimum atomic E-state index is -0.300. The van der Waals surface area contributed by atoms with Gasteiger partial charge in [-0.15, -0.1) is 0 Å². The molecule has 1 aromatic rings. The second-order valence-corrected chi connectivity index (χ2v) is 6.75. The van der Waals surface area contributed by atoms with Crippen molar-refractivity contribution < 1.29 is 9.31 Å². The molecule has 0 radical (unpaired) electrons. The summed E-state index contributed by atoms with van der Waals surface area (Å²) in [7, 11) is -0.300. The Morgan fingerprint density at radius 2 is 1.80 bits per heavy atom. The van der Waals surface area contributed by atoms with Crippen LogP contribution in [0.25, 0.3) is 6.08 Å². The summed E-state index contributed by atoms with van der Waals surface area (Å²) < 4.78 is 11.9. The molecule has 1 aliphatic carbocycles. The monoisotopic (exact) mass is 271 g/mol. The van der Waals surface area contributed by atoms with E-state index < -0.39 is 0 Å². The van der Waals surface area contributed by atoms with Crippen LogP contribution in [0.3, 0.4) is 0 Å². The van der Waals surface area contributed by atoms with Crippen LogP contribution in [-0.2, 0) is 9.31 Å². The molecule has 1 aromatic heterocycles. The van der Waals surface area contributed by atoms with E-state index in [0.29, 0.717) is 5.92 Å². The van der Waals surface area contributed by atoms with Crippen molar-refractivity contribution in [2.45, 2.75) is 57.7 Å². The first-order valence-corrected chi connectivity index (χ1v) is 7.38. The lowest BCUT2D eigenvalue weighted by atomic mass is 9.89. The molecule has 3 nitrogen and oxygen atoms in total. The summed E-state index contributed by atoms with van der Waals surface area (Å²) in [6.07, 6.45) is 4.54. The molecule has 1 saturated heterocycles. The van der Waals surface area contributed by atoms with Gasteiger partial charge in [-0.05, 0) is 58.7 Å². The quantitative estimate of drug-likeness (QED) is 0.787. The van der Waals surface area contributed by atoms with Gasteiger partial charge >= 0.3 is 7.12 Å². The molecule has 3 rings (SSSR count). The summed E-state index contributed by atoms with van der Waals surface area (Å²) in [5, 5.41) is 0. The Morgan fingerprint density at radius 1 is 1.15 bits per heavy atom. The molecule has 0 amide bonds. The Kier molecular flexibility index (Phi) is 3.26. The van der Waals surface area contributed by atoms with Crippen LogP contribution in [-0.4, -0.2) is 23.3 Å². The van der Waals surface area contributed by atoms with Crippen LogP contribution in [0.1, 0.15) is 57.8 Å². The Labute approximate surface area is 121 Å². The molecule has 1 aliphatic heterocycles. The van der Waals surface area contributed by atoms with Crippen LogP contribution < -0.4 is 0 Å². The van der Waals surface area contributed by atoms with Crippen LogP contribution >= 0.6 is 0 Å². The smallest absolute Gasteiger partial charge is 0.400 e. The van der Waals surface area contributed by atoms with Crippen molar-refractivity contribution in [3.05, 3.63) is 35.6 Å². The largest absolute Gasteiger partial charge is 0.487 e. The fraction of sp³-hybridized carbons (Fsp3) is 0.562. The molecule has 20 heavy (non-hydrogen) atoms. The van der Waals surface area contributed by atoms with Gasteiger partial charge in [0.25, 0.3) is 0 Å². The number of aromatic nitrogens is 1. The zero-order valence-electron chi connectivity index (χ0n) is 12.7. The Balaban J connectivity index is 1.70. The fourth-order valence-electron chi connectivity index (χ4n) is 2.31. The second kappa shape index (κ2) is 4.71. The van der Waals surface area contributed by atoms with Gasteiger partial charge in [-0.1, -0.05) is 12.0 Å². The highest BCUT2D eigenvalue weighted by molar-refractivity contribution is 6.52. The normalized spacial score (nSPS) is 24.5. The average molecular weight is 271 g/mol. The molecule has 0 N–H and O–H groups in total. The first kappa shape index (κ1) is 13.8. The number of hydrogen-bond donors (Lipinski definition) is 0. The molecule has 0 atom stereocenters. The maximum absolute atomic E-state index is 5.94. The summed E-state index contributed by atoms with van der Waals surface area (Å²) >= 11 is 0. The van der Waals surface area contributed by atoms with Crippen molar-refractivity contribution in [1.29, 1.82) is 0 Å². The summed E-state index contributed by atoms with van der Waals surface area (Å²) in [6.45, 7) is 8.25. The number of hydrogen-bond acceptors (Lipinski definition) is 3. The molecule has 0 unspecified atom stereocenters. The van der Waals surface area contributed by atoms with E-state index in [1.165, 1.54) is 18.5 Å². The molecule has 2 aliphatic rings. The van der Waals surface area contributed by atoms with E-state index >= 15 is 0 Å². The zero-order valence-corrected chi connectivity index (χ0v) is 12.7. The SMILES string of the molecule is CC1(C)OB(/C=C/c2cccc(C3CC3)n2)OC1(C)C. The summed E-state index contributed by atoms with van der Waals surface area (Å²) in [6, 6.07) is 6.21. The molecule has 0 spiro atoms. The van der Waals surface area contributed by atoms with E-state index in [2.05, 4.69) is 44.8 Å². The predicted molar refractivity (Wildman–Crippen MR) is 81.3 cm³/mol. The van der Waals surface area contributed by atoms with E-state index in [9.17, 15) is 0 Å². The zero-order chi connectivity index (χ0) is 14.4. The molecule has 0 aromatic carbocycles. The fourth-order valence-corrected chi connectivity index (χ4v) is 2.31. The van der Waals surface area contributed by atoms with E-state index in [1.807, 2.05) is 18.1 Å². The van der Waals surface area contributed by atoms with Gasteiger partial charge in [0, 0.05) is 11.6 Å². The van der Waals surface area contributed by atoms with Crippen molar-refractivity contribution in [2.24, 2.45) is 0 Å². The predicted octanol–water partition coefficient (Wildman–Crippen LogP) is 3.60. The minimum Gasteiger partial charge on any atom is -0.400 e. The maximum Gasteiger partial charge on any atom is 0.487 e. The Hall–Kier alpha value is -1.13. The first-order valence-electron chi connectivity index (χ1n) is 7.38. The second-order valence-electron chi connectivity index (χ2n) is 6.75. The van der Waals surface area contributed by atoms with E-state index in [4.69, 9.17) is 9.31 Å². The molecular formula is C16H22BNO2. The van der Waals surface area contributed by atoms with Crippen LogP contribution in [0.5, 0.6) is 0 Å². The minimum absolute atomic E-state index is 0.286. The molecule has 2 fully saturated rings. The third-order valence-electron chi connectivity index (χ3n) is 4.48. The lowest BCUT2D eigenvalue weighted by Crippen LogP contribution is -2.41. The Morgan fingerprint density at radius 3 is 2.40 bits per heavy atom. The highest BCUT2D eigenvalue weighted by atomic mass is 16.7. The van der Waals surface area contributed by atoms with Gasteiger partial charge in [-0.3, -0.25) is 4.98 Å². The van der Waals surface area contributed by atoms with Gasteiger partial charge in [0.2, 0.25) is 0 Å². The van der Waals surface area contributed by atoms with Crippen molar-refractivity contribution in [3.63, 3.8) is 0 Å². The molecule has 106 valence electrons. The van der Waals surface area contributed by atoms with Crippen molar-refractivity contribution in [3.8, 4) is 0 Å². The topological polar surface area (TPSA) is 31.4 Å². The number of rotatable bonds is 3. The Bertz CT molecular complexity index is 519. The third kappa shape index (κ3) is 2.67. The lowest BCUT2D eigenvalue weighted by Gasteiger charge is -2.32. The summed E-state index contributed by atoms with van der Waals surface area (Å²) in [5.41, 5.74) is 1.61. The van der Waals surface area contributed by atoms with Crippen LogP contribution in [0.15, 0.2) is 24.2 Å². The van der Waals surface area contributed by atoms with Crippen LogP contribution in [0.4, 0.5) is 0 Å². The standard InChI is InChI=1S/C16H22BNO2/c1-15(2)16(3,4)20-17(19-15)11-10-13-6-5-7-14(18-13)12-8-9-12/h5-7,10-12H,8-9H2,1-4H3/b11-10+. The van der Waals surface area contributed by atoms with Gasteiger partial charge in [0.1, 0.15) is 0 Å². The van der Waals surface area contributed by atoms with Crippen molar-refractivity contribution in [2.75, 3.05) is 0 Å². The van der Waals surface area contributed by atoms with Gasteiger partial charge < -0.3 is 9.31 Å². The van der Waals surface area contributed by atoms with Crippen LogP contribution in [0, 0.1) is 0 Å². The molecule has 1 saturated carbocycles. The highest BCUT2D eigenvalue weighted by Crippen LogP contribution is 2.39. The van der Waals surface area contributed by atoms with Gasteiger partial charge in [0.05, 0.1) is 16.9 Å². The molecule has 2 heterocycles. The summed E-state index contributed by atoms with van der Waals surface area (Å²) in [5.74, 6) is 2.63. The molecule has 0 bridgehead atoms. The van der Waals surface area contributed by atoms with Gasteiger partial charge in [0.15, 0.2) is 0 Å². The van der Waals surface area contributed by atoms with Crippen LogP contribution in [0.2, 0.25) is 0 Å². The van der Waals surface area contributed by atoms with Gasteiger partial charge in [-0.2, -0.15) is 0 Å². The molecule has 4 heteroatoms. The molecular weight excluding hydrogens is 249 g/mol. The first-order chi connectivity index (χ1) is 9.37. The third-order valence-corrected chi connectivity index (χ3v) is 4.48. The highest BCUT2D eigenvalue weighted by Gasteiger charge is 2.50. The number of pyridine rings is 1. The van der Waals surface area contributed by atoms with Crippen molar-refractivity contribution >= 4 is 13.2 Å². The van der Waals surface area contributed by atoms with E-state index in [-0.39, 0.29) is 18.3 Å². The number of nitrogens with zero attached hydrogens (tertiary/aromatic N) is 1. The van der Waals surface area contributed by atoms with E-state index in [1.54, 1.807) is 0 Å². The maximum atomic E-state index is 5.94.